The summed E-state index contributed by atoms with van der Waals surface area (Å²) in [5.41, 5.74) is 2.61. The van der Waals surface area contributed by atoms with Crippen LogP contribution in [0.15, 0.2) is 59.6 Å². The zero-order valence-corrected chi connectivity index (χ0v) is 12.7. The molecule has 0 spiro atoms. The molecule has 0 aliphatic carbocycles. The zero-order valence-electron chi connectivity index (χ0n) is 11.9. The molecule has 1 heterocycles. The average Bonchev–Trinajstić information content (AvgIpc) is 2.92. The molecule has 2 aromatic carbocycles. The van der Waals surface area contributed by atoms with Crippen molar-refractivity contribution in [2.75, 3.05) is 12.4 Å². The number of hydrogen-bond donors (Lipinski definition) is 1. The van der Waals surface area contributed by atoms with Gasteiger partial charge in [0.05, 0.1) is 10.4 Å². The monoisotopic (exact) mass is 300 g/mol. The Morgan fingerprint density at radius 2 is 1.71 bits per heavy atom. The average molecular weight is 300 g/mol. The molecule has 0 fully saturated rings. The Morgan fingerprint density at radius 3 is 2.38 bits per heavy atom. The number of anilines is 1. The smallest absolute Gasteiger partial charge is 0.268 e. The summed E-state index contributed by atoms with van der Waals surface area (Å²) in [5, 5.41) is 3.96. The van der Waals surface area contributed by atoms with Crippen molar-refractivity contribution < 1.29 is 8.42 Å². The Kier molecular flexibility index (Phi) is 3.22. The molecule has 4 nitrogen and oxygen atoms in total. The van der Waals surface area contributed by atoms with Crippen LogP contribution in [0.5, 0.6) is 0 Å². The minimum Gasteiger partial charge on any atom is -0.388 e. The van der Waals surface area contributed by atoms with E-state index >= 15 is 0 Å². The number of benzene rings is 2. The number of nitrogens with zero attached hydrogens (tertiary/aromatic N) is 1. The van der Waals surface area contributed by atoms with Crippen molar-refractivity contribution in [3.05, 3.63) is 60.3 Å². The van der Waals surface area contributed by atoms with Gasteiger partial charge in [0.2, 0.25) is 0 Å². The molecule has 0 amide bonds. The van der Waals surface area contributed by atoms with Crippen LogP contribution in [-0.4, -0.2) is 19.4 Å². The lowest BCUT2D eigenvalue weighted by Gasteiger charge is -2.09. The molecule has 1 N–H and O–H groups in total. The van der Waals surface area contributed by atoms with E-state index in [0.717, 1.165) is 16.6 Å². The molecule has 5 heteroatoms. The van der Waals surface area contributed by atoms with Gasteiger partial charge in [0.15, 0.2) is 0 Å². The summed E-state index contributed by atoms with van der Waals surface area (Å²) in [4.78, 5) is 0.292. The minimum atomic E-state index is -3.58. The highest BCUT2D eigenvalue weighted by Gasteiger charge is 2.19. The molecular weight excluding hydrogens is 284 g/mol. The Labute approximate surface area is 124 Å². The van der Waals surface area contributed by atoms with E-state index in [1.807, 2.05) is 38.2 Å². The van der Waals surface area contributed by atoms with Gasteiger partial charge in [-0.25, -0.2) is 12.4 Å². The molecule has 0 radical (unpaired) electrons. The molecule has 21 heavy (non-hydrogen) atoms. The first-order valence-corrected chi connectivity index (χ1v) is 8.08. The summed E-state index contributed by atoms with van der Waals surface area (Å²) in [6.45, 7) is 1.93. The minimum absolute atomic E-state index is 0.292. The Hall–Kier alpha value is -2.27. The fourth-order valence-electron chi connectivity index (χ4n) is 2.39. The maximum absolute atomic E-state index is 12.8. The van der Waals surface area contributed by atoms with E-state index in [0.29, 0.717) is 10.4 Å². The molecule has 3 aromatic rings. The third-order valence-corrected chi connectivity index (χ3v) is 5.25. The third-order valence-electron chi connectivity index (χ3n) is 3.54. The van der Waals surface area contributed by atoms with Gasteiger partial charge in [0.1, 0.15) is 0 Å². The maximum atomic E-state index is 12.8. The standard InChI is InChI=1S/C16H16N2O2S/c1-12-6-8-13(9-7-12)21(19,20)18-11-10-14-15(17-2)4-3-5-16(14)18/h3-11,17H,1-2H3. The molecule has 0 atom stereocenters. The molecule has 0 saturated heterocycles. The number of aromatic nitrogens is 1. The predicted octanol–water partition coefficient (Wildman–Crippen LogP) is 3.23. The van der Waals surface area contributed by atoms with Crippen molar-refractivity contribution in [1.82, 2.24) is 3.97 Å². The SMILES string of the molecule is CNc1cccc2c1ccn2S(=O)(=O)c1ccc(C)cc1. The van der Waals surface area contributed by atoms with Crippen LogP contribution >= 0.6 is 0 Å². The molecular formula is C16H16N2O2S. The maximum Gasteiger partial charge on any atom is 0.268 e. The van der Waals surface area contributed by atoms with Gasteiger partial charge >= 0.3 is 0 Å². The van der Waals surface area contributed by atoms with Crippen LogP contribution in [0.2, 0.25) is 0 Å². The van der Waals surface area contributed by atoms with Gasteiger partial charge in [-0.05, 0) is 37.3 Å². The Balaban J connectivity index is 2.22. The summed E-state index contributed by atoms with van der Waals surface area (Å²) in [7, 11) is -1.76. The fourth-order valence-corrected chi connectivity index (χ4v) is 3.74. The first-order valence-electron chi connectivity index (χ1n) is 6.64. The molecule has 0 saturated carbocycles. The number of nitrogens with one attached hydrogen (secondary N) is 1. The zero-order chi connectivity index (χ0) is 15.0. The van der Waals surface area contributed by atoms with Crippen LogP contribution in [0.1, 0.15) is 5.56 Å². The van der Waals surface area contributed by atoms with Crippen molar-refractivity contribution in [3.63, 3.8) is 0 Å². The van der Waals surface area contributed by atoms with Crippen LogP contribution in [0, 0.1) is 6.92 Å². The molecule has 108 valence electrons. The Bertz CT molecular complexity index is 894. The second-order valence-electron chi connectivity index (χ2n) is 4.92. The van der Waals surface area contributed by atoms with Crippen LogP contribution < -0.4 is 5.32 Å². The van der Waals surface area contributed by atoms with Crippen molar-refractivity contribution in [2.24, 2.45) is 0 Å². The van der Waals surface area contributed by atoms with Crippen LogP contribution in [0.3, 0.4) is 0 Å². The number of fused-ring (bicyclic) bond motifs is 1. The molecule has 0 bridgehead atoms. The van der Waals surface area contributed by atoms with E-state index in [1.54, 1.807) is 30.5 Å². The molecule has 3 rings (SSSR count). The summed E-state index contributed by atoms with van der Waals surface area (Å²) in [6.07, 6.45) is 1.60. The summed E-state index contributed by atoms with van der Waals surface area (Å²) < 4.78 is 26.9. The molecule has 0 aliphatic heterocycles. The number of hydrogen-bond acceptors (Lipinski definition) is 3. The highest BCUT2D eigenvalue weighted by molar-refractivity contribution is 7.90. The highest BCUT2D eigenvalue weighted by Crippen LogP contribution is 2.27. The van der Waals surface area contributed by atoms with Crippen LogP contribution in [0.4, 0.5) is 5.69 Å². The topological polar surface area (TPSA) is 51.1 Å². The largest absolute Gasteiger partial charge is 0.388 e. The van der Waals surface area contributed by atoms with Gasteiger partial charge < -0.3 is 5.32 Å². The fraction of sp³-hybridized carbons (Fsp3) is 0.125. The second kappa shape index (κ2) is 4.93. The summed E-state index contributed by atoms with van der Waals surface area (Å²) >= 11 is 0. The molecule has 0 unspecified atom stereocenters. The van der Waals surface area contributed by atoms with E-state index in [2.05, 4.69) is 5.32 Å². The summed E-state index contributed by atoms with van der Waals surface area (Å²) in [5.74, 6) is 0. The lowest BCUT2D eigenvalue weighted by atomic mass is 10.2. The van der Waals surface area contributed by atoms with E-state index in [1.165, 1.54) is 3.97 Å². The molecule has 1 aromatic heterocycles. The first kappa shape index (κ1) is 13.7. The van der Waals surface area contributed by atoms with Crippen LogP contribution in [-0.2, 0) is 10.0 Å². The molecule has 0 aliphatic rings. The van der Waals surface area contributed by atoms with Crippen molar-refractivity contribution in [1.29, 1.82) is 0 Å². The van der Waals surface area contributed by atoms with Gasteiger partial charge in [-0.2, -0.15) is 0 Å². The van der Waals surface area contributed by atoms with E-state index in [-0.39, 0.29) is 0 Å². The van der Waals surface area contributed by atoms with Gasteiger partial charge in [-0.3, -0.25) is 0 Å². The van der Waals surface area contributed by atoms with E-state index in [4.69, 9.17) is 0 Å². The van der Waals surface area contributed by atoms with Gasteiger partial charge in [-0.15, -0.1) is 0 Å². The van der Waals surface area contributed by atoms with Gasteiger partial charge in [0.25, 0.3) is 10.0 Å². The second-order valence-corrected chi connectivity index (χ2v) is 6.73. The van der Waals surface area contributed by atoms with Crippen molar-refractivity contribution >= 4 is 26.6 Å². The lowest BCUT2D eigenvalue weighted by Crippen LogP contribution is -2.11. The van der Waals surface area contributed by atoms with Crippen LogP contribution in [0.25, 0.3) is 10.9 Å². The normalized spacial score (nSPS) is 11.7. The Morgan fingerprint density at radius 1 is 1.00 bits per heavy atom. The number of aryl methyl sites for hydroxylation is 1. The van der Waals surface area contributed by atoms with Crippen molar-refractivity contribution in [3.8, 4) is 0 Å². The van der Waals surface area contributed by atoms with Gasteiger partial charge in [-0.1, -0.05) is 23.8 Å². The lowest BCUT2D eigenvalue weighted by molar-refractivity contribution is 0.589. The quantitative estimate of drug-likeness (QED) is 0.808. The van der Waals surface area contributed by atoms with Crippen molar-refractivity contribution in [2.45, 2.75) is 11.8 Å². The summed E-state index contributed by atoms with van der Waals surface area (Å²) in [6, 6.07) is 14.3. The van der Waals surface area contributed by atoms with Gasteiger partial charge in [0, 0.05) is 24.3 Å². The third kappa shape index (κ3) is 2.19. The highest BCUT2D eigenvalue weighted by atomic mass is 32.2. The van der Waals surface area contributed by atoms with E-state index in [9.17, 15) is 8.42 Å². The van der Waals surface area contributed by atoms with E-state index < -0.39 is 10.0 Å². The number of rotatable bonds is 3. The first-order chi connectivity index (χ1) is 10.0. The predicted molar refractivity (Wildman–Crippen MR) is 85.2 cm³/mol.